The van der Waals surface area contributed by atoms with Gasteiger partial charge in [-0.1, -0.05) is 0 Å². The molecule has 0 radical (unpaired) electrons. The van der Waals surface area contributed by atoms with Crippen molar-refractivity contribution in [1.29, 1.82) is 0 Å². The summed E-state index contributed by atoms with van der Waals surface area (Å²) in [7, 11) is 6.01. The summed E-state index contributed by atoms with van der Waals surface area (Å²) in [5, 5.41) is 0. The van der Waals surface area contributed by atoms with Crippen molar-refractivity contribution in [2.24, 2.45) is 0 Å². The van der Waals surface area contributed by atoms with Crippen LogP contribution in [-0.4, -0.2) is 64.6 Å². The number of rotatable bonds is 8. The molecule has 1 fully saturated rings. The third kappa shape index (κ3) is 5.21. The van der Waals surface area contributed by atoms with E-state index >= 15 is 0 Å². The van der Waals surface area contributed by atoms with Gasteiger partial charge in [-0.15, -0.1) is 0 Å². The van der Waals surface area contributed by atoms with Crippen LogP contribution in [0.2, 0.25) is 0 Å². The molecule has 8 heteroatoms. The maximum absolute atomic E-state index is 12.4. The number of carbonyl (C=O) groups is 2. The van der Waals surface area contributed by atoms with Gasteiger partial charge in [-0.3, -0.25) is 4.90 Å². The van der Waals surface area contributed by atoms with Crippen LogP contribution >= 0.6 is 0 Å². The molecule has 1 atom stereocenters. The molecule has 1 saturated heterocycles. The Morgan fingerprint density at radius 2 is 1.71 bits per heavy atom. The molecule has 1 aromatic rings. The van der Waals surface area contributed by atoms with Crippen molar-refractivity contribution in [3.63, 3.8) is 0 Å². The van der Waals surface area contributed by atoms with Crippen LogP contribution in [0.4, 0.5) is 4.79 Å². The average molecular weight is 395 g/mol. The molecule has 28 heavy (non-hydrogen) atoms. The van der Waals surface area contributed by atoms with Crippen LogP contribution in [0.25, 0.3) is 0 Å². The fraction of sp³-hybridized carbons (Fsp3) is 0.600. The smallest absolute Gasteiger partial charge is 0.410 e. The van der Waals surface area contributed by atoms with Gasteiger partial charge in [0.15, 0.2) is 11.5 Å². The fourth-order valence-electron chi connectivity index (χ4n) is 3.34. The summed E-state index contributed by atoms with van der Waals surface area (Å²) in [5.74, 6) is 1.34. The molecule has 0 spiro atoms. The molecule has 0 unspecified atom stereocenters. The molecule has 1 aliphatic rings. The summed E-state index contributed by atoms with van der Waals surface area (Å²) >= 11 is 0. The fourth-order valence-corrected chi connectivity index (χ4v) is 3.34. The van der Waals surface area contributed by atoms with Gasteiger partial charge in [0.2, 0.25) is 5.75 Å². The Morgan fingerprint density at radius 3 is 2.29 bits per heavy atom. The second-order valence-electron chi connectivity index (χ2n) is 6.48. The van der Waals surface area contributed by atoms with Crippen molar-refractivity contribution < 1.29 is 33.3 Å². The standard InChI is InChI=1S/C20H29NO7/c1-24-16-12-14(13-17(25-2)18(16)26-3)8-7-11-28-19(22)15-9-5-6-10-21(15)20(23)27-4/h12-13,15H,5-11H2,1-4H3/t15-/m0/s1. The van der Waals surface area contributed by atoms with Crippen LogP contribution in [0, 0.1) is 0 Å². The van der Waals surface area contributed by atoms with E-state index in [1.807, 2.05) is 12.1 Å². The Bertz CT molecular complexity index is 652. The third-order valence-corrected chi connectivity index (χ3v) is 4.76. The van der Waals surface area contributed by atoms with E-state index in [-0.39, 0.29) is 12.6 Å². The minimum Gasteiger partial charge on any atom is -0.493 e. The molecule has 0 N–H and O–H groups in total. The highest BCUT2D eigenvalue weighted by Gasteiger charge is 2.33. The third-order valence-electron chi connectivity index (χ3n) is 4.76. The number of carbonyl (C=O) groups excluding carboxylic acids is 2. The molecule has 8 nitrogen and oxygen atoms in total. The summed E-state index contributed by atoms with van der Waals surface area (Å²) in [6, 6.07) is 3.19. The molecule has 0 bridgehead atoms. The highest BCUT2D eigenvalue weighted by Crippen LogP contribution is 2.38. The van der Waals surface area contributed by atoms with Crippen LogP contribution in [-0.2, 0) is 20.7 Å². The number of aryl methyl sites for hydroxylation is 1. The summed E-state index contributed by atoms with van der Waals surface area (Å²) in [6.45, 7) is 0.777. The topological polar surface area (TPSA) is 83.5 Å². The zero-order valence-electron chi connectivity index (χ0n) is 17.0. The molecule has 1 heterocycles. The summed E-state index contributed by atoms with van der Waals surface area (Å²) in [5.41, 5.74) is 0.986. The lowest BCUT2D eigenvalue weighted by Gasteiger charge is -2.32. The first-order valence-corrected chi connectivity index (χ1v) is 9.35. The molecule has 0 aromatic heterocycles. The second-order valence-corrected chi connectivity index (χ2v) is 6.48. The number of ether oxygens (including phenoxy) is 5. The first-order valence-electron chi connectivity index (χ1n) is 9.35. The summed E-state index contributed by atoms with van der Waals surface area (Å²) in [4.78, 5) is 25.7. The number of esters is 1. The van der Waals surface area contributed by atoms with E-state index in [1.54, 1.807) is 21.3 Å². The number of hydrogen-bond acceptors (Lipinski definition) is 7. The van der Waals surface area contributed by atoms with E-state index in [0.717, 1.165) is 18.4 Å². The SMILES string of the molecule is COC(=O)N1CCCC[C@H]1C(=O)OCCCc1cc(OC)c(OC)c(OC)c1. The zero-order chi connectivity index (χ0) is 20.5. The Labute approximate surface area is 165 Å². The number of methoxy groups -OCH3 is 4. The van der Waals surface area contributed by atoms with E-state index < -0.39 is 12.1 Å². The lowest BCUT2D eigenvalue weighted by Crippen LogP contribution is -2.48. The lowest BCUT2D eigenvalue weighted by molar-refractivity contribution is -0.150. The van der Waals surface area contributed by atoms with Gasteiger partial charge in [-0.25, -0.2) is 9.59 Å². The quantitative estimate of drug-likeness (QED) is 0.494. The normalized spacial score (nSPS) is 16.3. The Morgan fingerprint density at radius 1 is 1.04 bits per heavy atom. The van der Waals surface area contributed by atoms with Crippen LogP contribution in [0.5, 0.6) is 17.2 Å². The van der Waals surface area contributed by atoms with Gasteiger partial charge in [0.05, 0.1) is 35.0 Å². The maximum atomic E-state index is 12.4. The Kier molecular flexibility index (Phi) is 8.22. The molecular weight excluding hydrogens is 366 g/mol. The molecule has 2 rings (SSSR count). The van der Waals surface area contributed by atoms with Crippen molar-refractivity contribution >= 4 is 12.1 Å². The summed E-state index contributed by atoms with van der Waals surface area (Å²) < 4.78 is 26.2. The monoisotopic (exact) mass is 395 g/mol. The first-order chi connectivity index (χ1) is 13.5. The predicted molar refractivity (Wildman–Crippen MR) is 102 cm³/mol. The van der Waals surface area contributed by atoms with Crippen molar-refractivity contribution in [3.05, 3.63) is 17.7 Å². The van der Waals surface area contributed by atoms with Crippen molar-refractivity contribution in [3.8, 4) is 17.2 Å². The average Bonchev–Trinajstić information content (AvgIpc) is 2.74. The molecule has 156 valence electrons. The number of amides is 1. The lowest BCUT2D eigenvalue weighted by atomic mass is 10.0. The number of hydrogen-bond donors (Lipinski definition) is 0. The minimum absolute atomic E-state index is 0.265. The van der Waals surface area contributed by atoms with Crippen LogP contribution < -0.4 is 14.2 Å². The molecule has 0 saturated carbocycles. The predicted octanol–water partition coefficient (Wildman–Crippen LogP) is 2.81. The Hall–Kier alpha value is -2.64. The molecule has 0 aliphatic carbocycles. The summed E-state index contributed by atoms with van der Waals surface area (Å²) in [6.07, 6.45) is 3.17. The highest BCUT2D eigenvalue weighted by molar-refractivity contribution is 5.81. The second kappa shape index (κ2) is 10.6. The van der Waals surface area contributed by atoms with Gasteiger partial charge in [0.1, 0.15) is 6.04 Å². The number of piperidine rings is 1. The van der Waals surface area contributed by atoms with Gasteiger partial charge in [-0.05, 0) is 49.8 Å². The largest absolute Gasteiger partial charge is 0.493 e. The molecule has 1 aliphatic heterocycles. The maximum Gasteiger partial charge on any atom is 0.410 e. The number of benzene rings is 1. The van der Waals surface area contributed by atoms with Gasteiger partial charge in [0, 0.05) is 6.54 Å². The van der Waals surface area contributed by atoms with Crippen molar-refractivity contribution in [2.45, 2.75) is 38.1 Å². The van der Waals surface area contributed by atoms with E-state index in [2.05, 4.69) is 0 Å². The zero-order valence-corrected chi connectivity index (χ0v) is 17.0. The van der Waals surface area contributed by atoms with E-state index in [9.17, 15) is 9.59 Å². The van der Waals surface area contributed by atoms with Crippen LogP contribution in [0.1, 0.15) is 31.2 Å². The highest BCUT2D eigenvalue weighted by atomic mass is 16.6. The van der Waals surface area contributed by atoms with Gasteiger partial charge >= 0.3 is 12.1 Å². The van der Waals surface area contributed by atoms with Gasteiger partial charge in [0.25, 0.3) is 0 Å². The van der Waals surface area contributed by atoms with E-state index in [4.69, 9.17) is 23.7 Å². The number of likely N-dealkylation sites (tertiary alicyclic amines) is 1. The minimum atomic E-state index is -0.567. The number of nitrogens with zero attached hydrogens (tertiary/aromatic N) is 1. The van der Waals surface area contributed by atoms with Crippen LogP contribution in [0.3, 0.4) is 0 Å². The molecule has 1 amide bonds. The van der Waals surface area contributed by atoms with Crippen molar-refractivity contribution in [1.82, 2.24) is 4.90 Å². The first kappa shape index (κ1) is 21.7. The van der Waals surface area contributed by atoms with Gasteiger partial charge < -0.3 is 23.7 Å². The Balaban J connectivity index is 1.89. The molecule has 1 aromatic carbocycles. The van der Waals surface area contributed by atoms with Crippen LogP contribution in [0.15, 0.2) is 12.1 Å². The molecular formula is C20H29NO7. The van der Waals surface area contributed by atoms with E-state index in [1.165, 1.54) is 12.0 Å². The van der Waals surface area contributed by atoms with Crippen molar-refractivity contribution in [2.75, 3.05) is 41.6 Å². The van der Waals surface area contributed by atoms with Gasteiger partial charge in [-0.2, -0.15) is 0 Å². The van der Waals surface area contributed by atoms with E-state index in [0.29, 0.717) is 43.1 Å².